The van der Waals surface area contributed by atoms with Gasteiger partial charge in [-0.1, -0.05) is 6.07 Å². The average molecular weight is 275 g/mol. The smallest absolute Gasteiger partial charge is 0.221 e. The number of hydrogen-bond donors (Lipinski definition) is 1. The molecule has 96 valence electrons. The van der Waals surface area contributed by atoms with Gasteiger partial charge in [0.05, 0.1) is 5.75 Å². The minimum Gasteiger partial charge on any atom is -0.353 e. The standard InChI is InChI=1S/C11H17NO3S2/c1-9(8-10-4-3-6-16-10)12-11(13)5-7-17(2,14)15/h3-4,6,9H,5,7-8H2,1-2H3,(H,12,13). The number of carbonyl (C=O) groups excluding carboxylic acids is 1. The summed E-state index contributed by atoms with van der Waals surface area (Å²) in [5.41, 5.74) is 0. The van der Waals surface area contributed by atoms with Crippen molar-refractivity contribution < 1.29 is 13.2 Å². The molecule has 1 heterocycles. The van der Waals surface area contributed by atoms with Crippen molar-refractivity contribution >= 4 is 27.1 Å². The molecule has 0 saturated heterocycles. The van der Waals surface area contributed by atoms with Crippen molar-refractivity contribution in [1.82, 2.24) is 5.32 Å². The van der Waals surface area contributed by atoms with Gasteiger partial charge in [-0.05, 0) is 18.4 Å². The van der Waals surface area contributed by atoms with E-state index in [4.69, 9.17) is 0 Å². The number of amides is 1. The molecule has 1 atom stereocenters. The summed E-state index contributed by atoms with van der Waals surface area (Å²) in [7, 11) is -3.06. The van der Waals surface area contributed by atoms with E-state index in [1.54, 1.807) is 11.3 Å². The molecule has 17 heavy (non-hydrogen) atoms. The van der Waals surface area contributed by atoms with Gasteiger partial charge < -0.3 is 5.32 Å². The maximum Gasteiger partial charge on any atom is 0.221 e. The highest BCUT2D eigenvalue weighted by molar-refractivity contribution is 7.90. The van der Waals surface area contributed by atoms with Gasteiger partial charge >= 0.3 is 0 Å². The summed E-state index contributed by atoms with van der Waals surface area (Å²) >= 11 is 1.65. The fourth-order valence-electron chi connectivity index (χ4n) is 1.41. The molecule has 1 N–H and O–H groups in total. The molecular formula is C11H17NO3S2. The van der Waals surface area contributed by atoms with Crippen LogP contribution in [0.15, 0.2) is 17.5 Å². The summed E-state index contributed by atoms with van der Waals surface area (Å²) in [5, 5.41) is 4.79. The zero-order valence-corrected chi connectivity index (χ0v) is 11.6. The molecule has 1 unspecified atom stereocenters. The third kappa shape index (κ3) is 6.43. The van der Waals surface area contributed by atoms with Crippen molar-refractivity contribution in [3.8, 4) is 0 Å². The molecule has 0 aromatic carbocycles. The Hall–Kier alpha value is -0.880. The molecule has 0 bridgehead atoms. The summed E-state index contributed by atoms with van der Waals surface area (Å²) < 4.78 is 21.8. The predicted octanol–water partition coefficient (Wildman–Crippen LogP) is 1.23. The predicted molar refractivity (Wildman–Crippen MR) is 70.0 cm³/mol. The molecule has 1 rings (SSSR count). The molecule has 1 aromatic heterocycles. The van der Waals surface area contributed by atoms with Gasteiger partial charge in [-0.25, -0.2) is 8.42 Å². The zero-order valence-electron chi connectivity index (χ0n) is 9.97. The zero-order chi connectivity index (χ0) is 12.9. The van der Waals surface area contributed by atoms with Crippen LogP contribution in [0.2, 0.25) is 0 Å². The van der Waals surface area contributed by atoms with E-state index >= 15 is 0 Å². The van der Waals surface area contributed by atoms with Crippen molar-refractivity contribution in [2.75, 3.05) is 12.0 Å². The molecule has 0 fully saturated rings. The summed E-state index contributed by atoms with van der Waals surface area (Å²) in [6.07, 6.45) is 1.95. The molecule has 0 saturated carbocycles. The van der Waals surface area contributed by atoms with Gasteiger partial charge in [0.25, 0.3) is 0 Å². The van der Waals surface area contributed by atoms with E-state index in [2.05, 4.69) is 5.32 Å². The summed E-state index contributed by atoms with van der Waals surface area (Å²) in [6.45, 7) is 1.91. The van der Waals surface area contributed by atoms with Gasteiger partial charge in [0.2, 0.25) is 5.91 Å². The molecule has 0 aliphatic rings. The van der Waals surface area contributed by atoms with Crippen molar-refractivity contribution in [2.24, 2.45) is 0 Å². The lowest BCUT2D eigenvalue weighted by Crippen LogP contribution is -2.34. The number of sulfone groups is 1. The SMILES string of the molecule is CC(Cc1cccs1)NC(=O)CCS(C)(=O)=O. The van der Waals surface area contributed by atoms with E-state index in [1.165, 1.54) is 4.88 Å². The average Bonchev–Trinajstić information content (AvgIpc) is 2.66. The topological polar surface area (TPSA) is 63.2 Å². The first kappa shape index (κ1) is 14.2. The minimum atomic E-state index is -3.06. The number of nitrogens with one attached hydrogen (secondary N) is 1. The molecule has 0 aliphatic carbocycles. The highest BCUT2D eigenvalue weighted by Gasteiger charge is 2.11. The van der Waals surface area contributed by atoms with Crippen LogP contribution in [0.25, 0.3) is 0 Å². The van der Waals surface area contributed by atoms with Crippen LogP contribution in [0.4, 0.5) is 0 Å². The first-order valence-corrected chi connectivity index (χ1v) is 8.30. The first-order valence-electron chi connectivity index (χ1n) is 5.36. The van der Waals surface area contributed by atoms with Crippen LogP contribution in [-0.2, 0) is 21.1 Å². The van der Waals surface area contributed by atoms with E-state index in [0.29, 0.717) is 0 Å². The van der Waals surface area contributed by atoms with Crippen molar-refractivity contribution in [3.63, 3.8) is 0 Å². The van der Waals surface area contributed by atoms with Crippen LogP contribution >= 0.6 is 11.3 Å². The molecule has 1 amide bonds. The van der Waals surface area contributed by atoms with Gasteiger partial charge in [-0.2, -0.15) is 0 Å². The second-order valence-corrected chi connectivity index (χ2v) is 7.42. The Morgan fingerprint density at radius 2 is 2.24 bits per heavy atom. The maximum absolute atomic E-state index is 11.5. The number of thiophene rings is 1. The van der Waals surface area contributed by atoms with E-state index in [1.807, 2.05) is 24.4 Å². The fraction of sp³-hybridized carbons (Fsp3) is 0.545. The molecule has 6 heteroatoms. The van der Waals surface area contributed by atoms with Crippen molar-refractivity contribution in [3.05, 3.63) is 22.4 Å². The van der Waals surface area contributed by atoms with Gasteiger partial charge in [-0.3, -0.25) is 4.79 Å². The normalized spacial score (nSPS) is 13.3. The Morgan fingerprint density at radius 1 is 1.53 bits per heavy atom. The molecule has 0 spiro atoms. The lowest BCUT2D eigenvalue weighted by atomic mass is 10.2. The van der Waals surface area contributed by atoms with Gasteiger partial charge in [-0.15, -0.1) is 11.3 Å². The van der Waals surface area contributed by atoms with Crippen LogP contribution in [0, 0.1) is 0 Å². The van der Waals surface area contributed by atoms with E-state index in [9.17, 15) is 13.2 Å². The Kier molecular flexibility index (Phi) is 5.14. The van der Waals surface area contributed by atoms with Crippen LogP contribution in [-0.4, -0.2) is 32.4 Å². The molecule has 4 nitrogen and oxygen atoms in total. The van der Waals surface area contributed by atoms with Crippen LogP contribution in [0.3, 0.4) is 0 Å². The fourth-order valence-corrected chi connectivity index (χ4v) is 2.80. The van der Waals surface area contributed by atoms with Gasteiger partial charge in [0, 0.05) is 30.0 Å². The molecule has 1 aromatic rings. The summed E-state index contributed by atoms with van der Waals surface area (Å²) in [6, 6.07) is 4.02. The highest BCUT2D eigenvalue weighted by Crippen LogP contribution is 2.10. The maximum atomic E-state index is 11.5. The number of carbonyl (C=O) groups is 1. The Morgan fingerprint density at radius 3 is 2.76 bits per heavy atom. The van der Waals surface area contributed by atoms with Crippen LogP contribution < -0.4 is 5.32 Å². The largest absolute Gasteiger partial charge is 0.353 e. The van der Waals surface area contributed by atoms with E-state index in [0.717, 1.165) is 12.7 Å². The number of hydrogen-bond acceptors (Lipinski definition) is 4. The van der Waals surface area contributed by atoms with Crippen LogP contribution in [0.5, 0.6) is 0 Å². The van der Waals surface area contributed by atoms with E-state index in [-0.39, 0.29) is 24.1 Å². The van der Waals surface area contributed by atoms with Crippen LogP contribution in [0.1, 0.15) is 18.2 Å². The molecule has 0 aliphatic heterocycles. The third-order valence-corrected chi connectivity index (χ3v) is 4.04. The molecule has 0 radical (unpaired) electrons. The van der Waals surface area contributed by atoms with E-state index < -0.39 is 9.84 Å². The Bertz CT molecular complexity index is 451. The number of rotatable bonds is 6. The minimum absolute atomic E-state index is 0.0284. The lowest BCUT2D eigenvalue weighted by molar-refractivity contribution is -0.121. The van der Waals surface area contributed by atoms with Gasteiger partial charge in [0.1, 0.15) is 9.84 Å². The van der Waals surface area contributed by atoms with Gasteiger partial charge in [0.15, 0.2) is 0 Å². The summed E-state index contributed by atoms with van der Waals surface area (Å²) in [5.74, 6) is -0.302. The van der Waals surface area contributed by atoms with Crippen molar-refractivity contribution in [1.29, 1.82) is 0 Å². The first-order chi connectivity index (χ1) is 7.87. The highest BCUT2D eigenvalue weighted by atomic mass is 32.2. The Labute approximate surface area is 106 Å². The summed E-state index contributed by atoms with van der Waals surface area (Å²) in [4.78, 5) is 12.7. The molecular weight excluding hydrogens is 258 g/mol. The monoisotopic (exact) mass is 275 g/mol. The second kappa shape index (κ2) is 6.16. The lowest BCUT2D eigenvalue weighted by Gasteiger charge is -2.12. The van der Waals surface area contributed by atoms with Crippen molar-refractivity contribution in [2.45, 2.75) is 25.8 Å². The Balaban J connectivity index is 2.31. The third-order valence-electron chi connectivity index (χ3n) is 2.19. The second-order valence-electron chi connectivity index (χ2n) is 4.13. The quantitative estimate of drug-likeness (QED) is 0.849.